The third kappa shape index (κ3) is 4.68. The average Bonchev–Trinajstić information content (AvgIpc) is 3.58. The molecule has 15 heteroatoms. The Labute approximate surface area is 195 Å². The molecular weight excluding hydrogens is 466 g/mol. The Morgan fingerprint density at radius 1 is 1.29 bits per heavy atom. The summed E-state index contributed by atoms with van der Waals surface area (Å²) in [5, 5.41) is 21.0. The summed E-state index contributed by atoms with van der Waals surface area (Å²) >= 11 is 1.37. The number of ether oxygens (including phenoxy) is 2. The fraction of sp³-hybridized carbons (Fsp3) is 0.105. The van der Waals surface area contributed by atoms with Crippen molar-refractivity contribution >= 4 is 35.2 Å². The first kappa shape index (κ1) is 22.4. The number of nitrogens with one attached hydrogen (secondary N) is 1. The summed E-state index contributed by atoms with van der Waals surface area (Å²) < 4.78 is 16.4. The maximum atomic E-state index is 12.8. The van der Waals surface area contributed by atoms with Crippen molar-refractivity contribution in [2.75, 3.05) is 19.5 Å². The standard InChI is InChI=1S/C19H17N9O5S/c1-31-12-7-10(4-5-11(12)32-9-14(20)29)8-22-24-19(30)15-16(13-3-2-6-34-13)28(27-23-15)18-17(21)25-33-26-18/h2-8H,9H2,1H3,(H2,20,29)(H2,21,25)(H,24,30)/b22-8-. The molecule has 0 radical (unpaired) electrons. The third-order valence-corrected chi connectivity index (χ3v) is 5.15. The molecule has 3 heterocycles. The Morgan fingerprint density at radius 3 is 2.82 bits per heavy atom. The molecule has 0 unspecified atom stereocenters. The first-order valence-corrected chi connectivity index (χ1v) is 10.4. The van der Waals surface area contributed by atoms with E-state index in [1.54, 1.807) is 24.3 Å². The molecule has 0 saturated carbocycles. The fourth-order valence-corrected chi connectivity index (χ4v) is 3.56. The molecule has 0 saturated heterocycles. The maximum absolute atomic E-state index is 12.8. The first-order chi connectivity index (χ1) is 16.5. The van der Waals surface area contributed by atoms with Crippen molar-refractivity contribution < 1.29 is 23.7 Å². The number of nitrogens with zero attached hydrogens (tertiary/aromatic N) is 6. The van der Waals surface area contributed by atoms with Crippen LogP contribution in [0.4, 0.5) is 5.82 Å². The van der Waals surface area contributed by atoms with Gasteiger partial charge >= 0.3 is 0 Å². The van der Waals surface area contributed by atoms with Crippen molar-refractivity contribution in [3.05, 3.63) is 47.0 Å². The highest BCUT2D eigenvalue weighted by Crippen LogP contribution is 2.30. The molecule has 4 aromatic rings. The molecule has 0 aliphatic heterocycles. The topological polar surface area (TPSA) is 199 Å². The minimum atomic E-state index is -0.616. The van der Waals surface area contributed by atoms with Gasteiger partial charge in [-0.15, -0.1) is 16.4 Å². The molecule has 14 nitrogen and oxygen atoms in total. The van der Waals surface area contributed by atoms with Gasteiger partial charge in [0.2, 0.25) is 11.6 Å². The lowest BCUT2D eigenvalue weighted by Gasteiger charge is -2.09. The molecule has 1 aromatic carbocycles. The molecule has 0 fully saturated rings. The summed E-state index contributed by atoms with van der Waals surface area (Å²) in [5.41, 5.74) is 14.2. The average molecular weight is 483 g/mol. The number of benzene rings is 1. The highest BCUT2D eigenvalue weighted by Gasteiger charge is 2.25. The van der Waals surface area contributed by atoms with E-state index in [2.05, 4.69) is 35.8 Å². The van der Waals surface area contributed by atoms with Crippen LogP contribution in [-0.2, 0) is 4.79 Å². The van der Waals surface area contributed by atoms with Gasteiger partial charge in [-0.05, 0) is 45.5 Å². The van der Waals surface area contributed by atoms with Crippen LogP contribution in [0.2, 0.25) is 0 Å². The van der Waals surface area contributed by atoms with Crippen LogP contribution in [0.1, 0.15) is 16.1 Å². The summed E-state index contributed by atoms with van der Waals surface area (Å²) in [6.45, 7) is -0.289. The zero-order valence-electron chi connectivity index (χ0n) is 17.5. The van der Waals surface area contributed by atoms with E-state index < -0.39 is 11.8 Å². The second kappa shape index (κ2) is 9.78. The van der Waals surface area contributed by atoms with Crippen LogP contribution in [0, 0.1) is 0 Å². The van der Waals surface area contributed by atoms with Crippen molar-refractivity contribution in [2.45, 2.75) is 0 Å². The van der Waals surface area contributed by atoms with Crippen molar-refractivity contribution in [3.8, 4) is 27.9 Å². The number of anilines is 1. The van der Waals surface area contributed by atoms with Gasteiger partial charge in [0, 0.05) is 0 Å². The van der Waals surface area contributed by atoms with Crippen LogP contribution in [0.25, 0.3) is 16.4 Å². The van der Waals surface area contributed by atoms with E-state index in [1.807, 2.05) is 11.4 Å². The van der Waals surface area contributed by atoms with Crippen molar-refractivity contribution in [1.29, 1.82) is 0 Å². The highest BCUT2D eigenvalue weighted by atomic mass is 32.1. The van der Waals surface area contributed by atoms with Gasteiger partial charge in [0.15, 0.2) is 23.8 Å². The van der Waals surface area contributed by atoms with E-state index in [9.17, 15) is 9.59 Å². The van der Waals surface area contributed by atoms with Gasteiger partial charge in [-0.1, -0.05) is 11.3 Å². The number of rotatable bonds is 9. The Morgan fingerprint density at radius 2 is 2.15 bits per heavy atom. The number of carbonyl (C=O) groups excluding carboxylic acids is 2. The van der Waals surface area contributed by atoms with Crippen LogP contribution in [0.5, 0.6) is 11.5 Å². The second-order valence-electron chi connectivity index (χ2n) is 6.51. The van der Waals surface area contributed by atoms with Crippen LogP contribution >= 0.6 is 11.3 Å². The van der Waals surface area contributed by atoms with E-state index in [-0.39, 0.29) is 23.9 Å². The SMILES string of the molecule is COc1cc(/C=N\NC(=O)c2nnn(-c3nonc3N)c2-c2cccs2)ccc1OCC(N)=O. The van der Waals surface area contributed by atoms with Gasteiger partial charge in [0.1, 0.15) is 5.69 Å². The number of hydrogen-bond acceptors (Lipinski definition) is 12. The molecule has 0 aliphatic rings. The third-order valence-electron chi connectivity index (χ3n) is 4.27. The number of hydrogen-bond donors (Lipinski definition) is 3. The van der Waals surface area contributed by atoms with Gasteiger partial charge in [0.05, 0.1) is 18.2 Å². The van der Waals surface area contributed by atoms with Gasteiger partial charge in [-0.3, -0.25) is 9.59 Å². The Balaban J connectivity index is 1.54. The number of methoxy groups -OCH3 is 1. The van der Waals surface area contributed by atoms with Gasteiger partial charge in [0.25, 0.3) is 11.8 Å². The zero-order valence-corrected chi connectivity index (χ0v) is 18.4. The molecule has 2 amide bonds. The lowest BCUT2D eigenvalue weighted by molar-refractivity contribution is -0.119. The summed E-state index contributed by atoms with van der Waals surface area (Å²) in [7, 11) is 1.45. The predicted molar refractivity (Wildman–Crippen MR) is 120 cm³/mol. The summed E-state index contributed by atoms with van der Waals surface area (Å²) in [6.07, 6.45) is 1.40. The molecule has 0 bridgehead atoms. The normalized spacial score (nSPS) is 11.0. The monoisotopic (exact) mass is 483 g/mol. The summed E-state index contributed by atoms with van der Waals surface area (Å²) in [4.78, 5) is 24.4. The number of thiophene rings is 1. The smallest absolute Gasteiger partial charge is 0.294 e. The van der Waals surface area contributed by atoms with Gasteiger partial charge in [-0.25, -0.2) is 10.1 Å². The lowest BCUT2D eigenvalue weighted by Crippen LogP contribution is -2.20. The van der Waals surface area contributed by atoms with Crippen LogP contribution in [-0.4, -0.2) is 57.1 Å². The minimum Gasteiger partial charge on any atom is -0.493 e. The minimum absolute atomic E-state index is 0.00483. The number of carbonyl (C=O) groups is 2. The van der Waals surface area contributed by atoms with Gasteiger partial charge in [-0.2, -0.15) is 9.78 Å². The quantitative estimate of drug-likeness (QED) is 0.224. The Bertz CT molecular complexity index is 1350. The number of nitrogen functional groups attached to an aromatic ring is 1. The van der Waals surface area contributed by atoms with Crippen molar-refractivity contribution in [3.63, 3.8) is 0 Å². The molecule has 5 N–H and O–H groups in total. The van der Waals surface area contributed by atoms with Crippen molar-refractivity contribution in [2.24, 2.45) is 10.8 Å². The van der Waals surface area contributed by atoms with E-state index >= 15 is 0 Å². The molecule has 4 rings (SSSR count). The molecule has 0 atom stereocenters. The fourth-order valence-electron chi connectivity index (χ4n) is 2.81. The Hall–Kier alpha value is -4.79. The second-order valence-corrected chi connectivity index (χ2v) is 7.46. The number of aromatic nitrogens is 5. The first-order valence-electron chi connectivity index (χ1n) is 9.48. The molecule has 3 aromatic heterocycles. The van der Waals surface area contributed by atoms with E-state index in [0.29, 0.717) is 27.6 Å². The molecule has 34 heavy (non-hydrogen) atoms. The van der Waals surface area contributed by atoms with Crippen LogP contribution in [0.15, 0.2) is 45.4 Å². The van der Waals surface area contributed by atoms with E-state index in [1.165, 1.54) is 29.3 Å². The molecule has 0 aliphatic carbocycles. The lowest BCUT2D eigenvalue weighted by atomic mass is 10.2. The van der Waals surface area contributed by atoms with E-state index in [0.717, 1.165) is 0 Å². The zero-order chi connectivity index (χ0) is 24.1. The van der Waals surface area contributed by atoms with Crippen molar-refractivity contribution in [1.82, 2.24) is 30.7 Å². The van der Waals surface area contributed by atoms with Crippen LogP contribution in [0.3, 0.4) is 0 Å². The number of primary amides is 1. The summed E-state index contributed by atoms with van der Waals surface area (Å²) in [6, 6.07) is 8.45. The maximum Gasteiger partial charge on any atom is 0.294 e. The predicted octanol–water partition coefficient (Wildman–Crippen LogP) is 0.598. The highest BCUT2D eigenvalue weighted by molar-refractivity contribution is 7.13. The molecular formula is C19H17N9O5S. The largest absolute Gasteiger partial charge is 0.493 e. The van der Waals surface area contributed by atoms with Crippen LogP contribution < -0.4 is 26.4 Å². The Kier molecular flexibility index (Phi) is 6.45. The van der Waals surface area contributed by atoms with E-state index in [4.69, 9.17) is 20.9 Å². The number of amides is 2. The molecule has 0 spiro atoms. The van der Waals surface area contributed by atoms with Gasteiger partial charge < -0.3 is 20.9 Å². The number of hydrazone groups is 1. The summed E-state index contributed by atoms with van der Waals surface area (Å²) in [5.74, 6) is -0.445. The molecule has 174 valence electrons. The number of nitrogens with two attached hydrogens (primary N) is 2.